The van der Waals surface area contributed by atoms with Gasteiger partial charge in [0.1, 0.15) is 5.75 Å². The molecule has 0 bridgehead atoms. The summed E-state index contributed by atoms with van der Waals surface area (Å²) in [4.78, 5) is 47.3. The number of hydrogen-bond acceptors (Lipinski definition) is 8. The zero-order valence-electron chi connectivity index (χ0n) is 17.4. The number of para-hydroxylation sites is 2. The van der Waals surface area contributed by atoms with Crippen molar-refractivity contribution in [3.05, 3.63) is 53.6 Å². The van der Waals surface area contributed by atoms with Gasteiger partial charge in [0.25, 0.3) is 0 Å². The Bertz CT molecular complexity index is 970. The summed E-state index contributed by atoms with van der Waals surface area (Å²) in [5, 5.41) is 2.73. The van der Waals surface area contributed by atoms with Crippen molar-refractivity contribution in [2.45, 2.75) is 19.3 Å². The lowest BCUT2D eigenvalue weighted by Gasteiger charge is -2.14. The highest BCUT2D eigenvalue weighted by Crippen LogP contribution is 2.31. The SMILES string of the molecule is COC(=O)CCCC(=O)Nc1ccccc1Oc1ccc(C(=O)OC)c(C(=O)OC)c1. The van der Waals surface area contributed by atoms with Crippen molar-refractivity contribution < 1.29 is 38.1 Å². The summed E-state index contributed by atoms with van der Waals surface area (Å²) in [7, 11) is 3.69. The maximum atomic E-state index is 12.2. The fraction of sp³-hybridized carbons (Fsp3) is 0.273. The van der Waals surface area contributed by atoms with E-state index in [4.69, 9.17) is 9.47 Å². The van der Waals surface area contributed by atoms with E-state index in [9.17, 15) is 19.2 Å². The first-order chi connectivity index (χ1) is 14.9. The third-order valence-corrected chi connectivity index (χ3v) is 4.20. The lowest BCUT2D eigenvalue weighted by atomic mass is 10.1. The number of amides is 1. The molecular weight excluding hydrogens is 406 g/mol. The van der Waals surface area contributed by atoms with E-state index in [0.29, 0.717) is 17.9 Å². The number of ether oxygens (including phenoxy) is 4. The van der Waals surface area contributed by atoms with Gasteiger partial charge < -0.3 is 24.3 Å². The standard InChI is InChI=1S/C22H23NO8/c1-28-20(25)10-6-9-19(24)23-17-7-4-5-8-18(17)31-14-11-12-15(21(26)29-2)16(13-14)22(27)30-3/h4-5,7-8,11-13H,6,9-10H2,1-3H3,(H,23,24). The minimum Gasteiger partial charge on any atom is -0.469 e. The average Bonchev–Trinajstić information content (AvgIpc) is 2.79. The summed E-state index contributed by atoms with van der Waals surface area (Å²) >= 11 is 0. The lowest BCUT2D eigenvalue weighted by molar-refractivity contribution is -0.140. The van der Waals surface area contributed by atoms with E-state index in [1.807, 2.05) is 0 Å². The van der Waals surface area contributed by atoms with Crippen LogP contribution < -0.4 is 10.1 Å². The average molecular weight is 429 g/mol. The van der Waals surface area contributed by atoms with Gasteiger partial charge in [0, 0.05) is 12.8 Å². The highest BCUT2D eigenvalue weighted by Gasteiger charge is 2.20. The number of carbonyl (C=O) groups excluding carboxylic acids is 4. The van der Waals surface area contributed by atoms with E-state index in [2.05, 4.69) is 14.8 Å². The van der Waals surface area contributed by atoms with Gasteiger partial charge >= 0.3 is 17.9 Å². The van der Waals surface area contributed by atoms with Crippen LogP contribution in [0.15, 0.2) is 42.5 Å². The molecule has 9 heteroatoms. The molecule has 0 aliphatic rings. The summed E-state index contributed by atoms with van der Waals surface area (Å²) in [5.41, 5.74) is 0.423. The Morgan fingerprint density at radius 1 is 0.806 bits per heavy atom. The molecule has 31 heavy (non-hydrogen) atoms. The maximum absolute atomic E-state index is 12.2. The first-order valence-electron chi connectivity index (χ1n) is 9.33. The second-order valence-electron chi connectivity index (χ2n) is 6.27. The second-order valence-corrected chi connectivity index (χ2v) is 6.27. The van der Waals surface area contributed by atoms with Gasteiger partial charge in [-0.25, -0.2) is 9.59 Å². The second kappa shape index (κ2) is 11.3. The fourth-order valence-electron chi connectivity index (χ4n) is 2.65. The van der Waals surface area contributed by atoms with Crippen molar-refractivity contribution >= 4 is 29.5 Å². The quantitative estimate of drug-likeness (QED) is 0.476. The molecule has 0 saturated heterocycles. The van der Waals surface area contributed by atoms with Crippen molar-refractivity contribution in [3.63, 3.8) is 0 Å². The van der Waals surface area contributed by atoms with Crippen molar-refractivity contribution in [3.8, 4) is 11.5 Å². The highest BCUT2D eigenvalue weighted by atomic mass is 16.5. The van der Waals surface area contributed by atoms with Crippen molar-refractivity contribution in [1.29, 1.82) is 0 Å². The van der Waals surface area contributed by atoms with E-state index in [1.54, 1.807) is 24.3 Å². The molecule has 0 saturated carbocycles. The molecule has 0 spiro atoms. The van der Waals surface area contributed by atoms with Crippen LogP contribution in [0.3, 0.4) is 0 Å². The summed E-state index contributed by atoms with van der Waals surface area (Å²) < 4.78 is 19.8. The number of benzene rings is 2. The summed E-state index contributed by atoms with van der Waals surface area (Å²) in [6.07, 6.45) is 0.619. The Labute approximate surface area is 179 Å². The van der Waals surface area contributed by atoms with Crippen molar-refractivity contribution in [2.75, 3.05) is 26.6 Å². The largest absolute Gasteiger partial charge is 0.469 e. The highest BCUT2D eigenvalue weighted by molar-refractivity contribution is 6.03. The van der Waals surface area contributed by atoms with E-state index >= 15 is 0 Å². The number of methoxy groups -OCH3 is 3. The van der Waals surface area contributed by atoms with Gasteiger partial charge in [-0.3, -0.25) is 9.59 Å². The normalized spacial score (nSPS) is 10.0. The van der Waals surface area contributed by atoms with Gasteiger partial charge in [-0.15, -0.1) is 0 Å². The number of esters is 3. The van der Waals surface area contributed by atoms with Gasteiger partial charge in [0.15, 0.2) is 5.75 Å². The maximum Gasteiger partial charge on any atom is 0.338 e. The smallest absolute Gasteiger partial charge is 0.338 e. The predicted octanol–water partition coefficient (Wildman–Crippen LogP) is 3.33. The summed E-state index contributed by atoms with van der Waals surface area (Å²) in [5.74, 6) is -1.51. The van der Waals surface area contributed by atoms with Crippen LogP contribution in [0.1, 0.15) is 40.0 Å². The van der Waals surface area contributed by atoms with Crippen LogP contribution in [-0.4, -0.2) is 45.1 Å². The topological polar surface area (TPSA) is 117 Å². The minimum atomic E-state index is -0.724. The molecule has 0 atom stereocenters. The Hall–Kier alpha value is -3.88. The van der Waals surface area contributed by atoms with Crippen molar-refractivity contribution in [1.82, 2.24) is 0 Å². The fourth-order valence-corrected chi connectivity index (χ4v) is 2.65. The van der Waals surface area contributed by atoms with Gasteiger partial charge in [-0.05, 0) is 36.8 Å². The number of nitrogens with one attached hydrogen (secondary N) is 1. The molecule has 1 N–H and O–H groups in total. The van der Waals surface area contributed by atoms with E-state index < -0.39 is 11.9 Å². The predicted molar refractivity (Wildman–Crippen MR) is 110 cm³/mol. The van der Waals surface area contributed by atoms with Crippen LogP contribution in [0.2, 0.25) is 0 Å². The van der Waals surface area contributed by atoms with Gasteiger partial charge in [0.05, 0.1) is 38.1 Å². The van der Waals surface area contributed by atoms with Crippen LogP contribution in [0, 0.1) is 0 Å². The Balaban J connectivity index is 2.18. The zero-order chi connectivity index (χ0) is 22.8. The first-order valence-corrected chi connectivity index (χ1v) is 9.33. The van der Waals surface area contributed by atoms with E-state index in [0.717, 1.165) is 0 Å². The number of anilines is 1. The zero-order valence-corrected chi connectivity index (χ0v) is 17.4. The van der Waals surface area contributed by atoms with Crippen LogP contribution in [-0.2, 0) is 23.8 Å². The van der Waals surface area contributed by atoms with Crippen molar-refractivity contribution in [2.24, 2.45) is 0 Å². The molecule has 2 rings (SSSR count). The molecular formula is C22H23NO8. The minimum absolute atomic E-state index is 0.0174. The Kier molecular flexibility index (Phi) is 8.56. The number of hydrogen-bond donors (Lipinski definition) is 1. The van der Waals surface area contributed by atoms with Crippen LogP contribution in [0.4, 0.5) is 5.69 Å². The first kappa shape index (κ1) is 23.4. The molecule has 0 aliphatic heterocycles. The molecule has 0 aromatic heterocycles. The Morgan fingerprint density at radius 2 is 1.48 bits per heavy atom. The third-order valence-electron chi connectivity index (χ3n) is 4.20. The molecule has 1 amide bonds. The molecule has 2 aromatic carbocycles. The molecule has 0 fully saturated rings. The third kappa shape index (κ3) is 6.56. The monoisotopic (exact) mass is 429 g/mol. The van der Waals surface area contributed by atoms with E-state index in [-0.39, 0.29) is 41.6 Å². The molecule has 164 valence electrons. The molecule has 9 nitrogen and oxygen atoms in total. The van der Waals surface area contributed by atoms with Gasteiger partial charge in [-0.1, -0.05) is 12.1 Å². The molecule has 0 radical (unpaired) electrons. The molecule has 0 heterocycles. The lowest BCUT2D eigenvalue weighted by Crippen LogP contribution is -2.13. The van der Waals surface area contributed by atoms with Crippen LogP contribution >= 0.6 is 0 Å². The molecule has 2 aromatic rings. The Morgan fingerprint density at radius 3 is 2.16 bits per heavy atom. The van der Waals surface area contributed by atoms with Gasteiger partial charge in [0.2, 0.25) is 5.91 Å². The molecule has 0 unspecified atom stereocenters. The van der Waals surface area contributed by atoms with Crippen LogP contribution in [0.5, 0.6) is 11.5 Å². The summed E-state index contributed by atoms with van der Waals surface area (Å²) in [6.45, 7) is 0. The molecule has 0 aliphatic carbocycles. The summed E-state index contributed by atoms with van der Waals surface area (Å²) in [6, 6.07) is 11.0. The van der Waals surface area contributed by atoms with Gasteiger partial charge in [-0.2, -0.15) is 0 Å². The number of carbonyl (C=O) groups is 4. The van der Waals surface area contributed by atoms with E-state index in [1.165, 1.54) is 39.5 Å². The van der Waals surface area contributed by atoms with Crippen LogP contribution in [0.25, 0.3) is 0 Å². The number of rotatable bonds is 9.